The molecule has 1 heteroatoms. The maximum absolute atomic E-state index is 2.41. The van der Waals surface area contributed by atoms with Crippen molar-refractivity contribution in [3.8, 4) is 0 Å². The van der Waals surface area contributed by atoms with Crippen LogP contribution < -0.4 is 3.61 Å². The van der Waals surface area contributed by atoms with Gasteiger partial charge in [-0.05, 0) is 0 Å². The predicted molar refractivity (Wildman–Crippen MR) is 65.2 cm³/mol. The molecule has 0 spiro atoms. The van der Waals surface area contributed by atoms with Gasteiger partial charge in [-0.3, -0.25) is 0 Å². The molecule has 1 aromatic rings. The fraction of sp³-hybridized carbons (Fsp3) is 0.385. The Labute approximate surface area is 97.5 Å². The number of hydrogen-bond donors (Lipinski definition) is 0. The van der Waals surface area contributed by atoms with Crippen molar-refractivity contribution in [2.24, 2.45) is 0 Å². The summed E-state index contributed by atoms with van der Waals surface area (Å²) >= 11 is -0.0585. The van der Waals surface area contributed by atoms with Crippen molar-refractivity contribution in [1.82, 2.24) is 0 Å². The first-order chi connectivity index (χ1) is 6.83. The maximum atomic E-state index is 2.41. The van der Waals surface area contributed by atoms with Gasteiger partial charge in [-0.2, -0.15) is 0 Å². The molecular weight excluding hydrogens is 284 g/mol. The minimum atomic E-state index is -0.0585. The molecule has 0 nitrogen and oxygen atoms in total. The van der Waals surface area contributed by atoms with Gasteiger partial charge in [-0.15, -0.1) is 0 Å². The normalized spacial score (nSPS) is 11.0. The Morgan fingerprint density at radius 1 is 1.21 bits per heavy atom. The van der Waals surface area contributed by atoms with E-state index in [2.05, 4.69) is 48.3 Å². The van der Waals surface area contributed by atoms with E-state index in [1.165, 1.54) is 28.4 Å². The number of aryl methyl sites for hydroxylation is 1. The zero-order chi connectivity index (χ0) is 10.2. The molecule has 0 aromatic heterocycles. The Hall–Kier alpha value is -0.250. The molecule has 0 bridgehead atoms. The summed E-state index contributed by atoms with van der Waals surface area (Å²) in [4.78, 5) is 0. The number of hydrogen-bond acceptors (Lipinski definition) is 0. The fourth-order valence-electron chi connectivity index (χ4n) is 1.13. The second kappa shape index (κ2) is 7.10. The second-order valence-corrected chi connectivity index (χ2v) is 6.24. The monoisotopic (exact) mass is 304 g/mol. The van der Waals surface area contributed by atoms with Gasteiger partial charge in [0.25, 0.3) is 0 Å². The van der Waals surface area contributed by atoms with Crippen LogP contribution in [0.1, 0.15) is 31.7 Å². The molecule has 0 radical (unpaired) electrons. The summed E-state index contributed by atoms with van der Waals surface area (Å²) in [6, 6.07) is 8.95. The van der Waals surface area contributed by atoms with E-state index in [1.54, 1.807) is 0 Å². The van der Waals surface area contributed by atoms with Gasteiger partial charge in [0.1, 0.15) is 0 Å². The molecule has 0 heterocycles. The Balaban J connectivity index is 2.30. The van der Waals surface area contributed by atoms with Crippen LogP contribution in [-0.2, 0) is 0 Å². The van der Waals surface area contributed by atoms with Gasteiger partial charge < -0.3 is 0 Å². The molecule has 1 rings (SSSR count). The predicted octanol–water partition coefficient (Wildman–Crippen LogP) is 3.03. The molecule has 0 N–H and O–H groups in total. The van der Waals surface area contributed by atoms with Crippen molar-refractivity contribution >= 4 is 24.5 Å². The molecular formula is C13H18Te. The second-order valence-electron chi connectivity index (χ2n) is 3.44. The van der Waals surface area contributed by atoms with E-state index < -0.39 is 0 Å². The summed E-state index contributed by atoms with van der Waals surface area (Å²) in [7, 11) is 0. The molecule has 14 heavy (non-hydrogen) atoms. The van der Waals surface area contributed by atoms with Crippen LogP contribution >= 0.6 is 0 Å². The van der Waals surface area contributed by atoms with Crippen molar-refractivity contribution in [3.63, 3.8) is 0 Å². The molecule has 0 aliphatic heterocycles. The molecule has 1 aromatic carbocycles. The van der Waals surface area contributed by atoms with Gasteiger partial charge in [-0.25, -0.2) is 0 Å². The first-order valence-electron chi connectivity index (χ1n) is 5.21. The summed E-state index contributed by atoms with van der Waals surface area (Å²) < 4.78 is 3.94. The summed E-state index contributed by atoms with van der Waals surface area (Å²) in [5.41, 5.74) is 1.36. The van der Waals surface area contributed by atoms with Crippen LogP contribution in [0, 0.1) is 6.92 Å². The quantitative estimate of drug-likeness (QED) is 0.579. The third-order valence-electron chi connectivity index (χ3n) is 2.05. The van der Waals surface area contributed by atoms with Crippen molar-refractivity contribution in [2.45, 2.75) is 33.1 Å². The minimum absolute atomic E-state index is 0.0585. The number of allylic oxidation sites excluding steroid dienone is 1. The van der Waals surface area contributed by atoms with Crippen LogP contribution in [0.3, 0.4) is 0 Å². The van der Waals surface area contributed by atoms with Crippen molar-refractivity contribution in [2.75, 3.05) is 0 Å². The molecule has 0 fully saturated rings. The molecule has 0 atom stereocenters. The summed E-state index contributed by atoms with van der Waals surface area (Å²) in [6.45, 7) is 4.38. The van der Waals surface area contributed by atoms with Crippen LogP contribution in [-0.4, -0.2) is 20.9 Å². The zero-order valence-corrected chi connectivity index (χ0v) is 11.3. The fourth-order valence-corrected chi connectivity index (χ4v) is 3.08. The van der Waals surface area contributed by atoms with Crippen LogP contribution in [0.4, 0.5) is 0 Å². The SMILES string of the molecule is CCCC/C=C\[Te]c1ccc(C)cc1. The molecule has 0 unspecified atom stereocenters. The van der Waals surface area contributed by atoms with E-state index in [-0.39, 0.29) is 20.9 Å². The van der Waals surface area contributed by atoms with Gasteiger partial charge >= 0.3 is 97.7 Å². The first kappa shape index (κ1) is 11.8. The summed E-state index contributed by atoms with van der Waals surface area (Å²) in [5.74, 6) is 0. The first-order valence-corrected chi connectivity index (χ1v) is 7.72. The van der Waals surface area contributed by atoms with Crippen molar-refractivity contribution in [3.05, 3.63) is 40.0 Å². The summed E-state index contributed by atoms with van der Waals surface area (Å²) in [5, 5.41) is 0. The summed E-state index contributed by atoms with van der Waals surface area (Å²) in [6.07, 6.45) is 6.24. The molecule has 0 aliphatic rings. The van der Waals surface area contributed by atoms with Crippen molar-refractivity contribution < 1.29 is 0 Å². The Morgan fingerprint density at radius 2 is 1.93 bits per heavy atom. The number of rotatable bonds is 5. The van der Waals surface area contributed by atoms with Gasteiger partial charge in [-0.1, -0.05) is 0 Å². The average molecular weight is 302 g/mol. The molecule has 0 saturated carbocycles. The van der Waals surface area contributed by atoms with E-state index in [4.69, 9.17) is 0 Å². The van der Waals surface area contributed by atoms with Gasteiger partial charge in [0, 0.05) is 0 Å². The number of unbranched alkanes of at least 4 members (excludes halogenated alkanes) is 2. The molecule has 76 valence electrons. The van der Waals surface area contributed by atoms with E-state index in [0.29, 0.717) is 0 Å². The van der Waals surface area contributed by atoms with Crippen LogP contribution in [0.2, 0.25) is 0 Å². The van der Waals surface area contributed by atoms with Crippen LogP contribution in [0.5, 0.6) is 0 Å². The van der Waals surface area contributed by atoms with E-state index in [1.807, 2.05) is 0 Å². The Morgan fingerprint density at radius 3 is 2.57 bits per heavy atom. The van der Waals surface area contributed by atoms with E-state index >= 15 is 0 Å². The van der Waals surface area contributed by atoms with Gasteiger partial charge in [0.2, 0.25) is 0 Å². The number of benzene rings is 1. The van der Waals surface area contributed by atoms with E-state index in [0.717, 1.165) is 0 Å². The molecule has 0 amide bonds. The average Bonchev–Trinajstić information content (AvgIpc) is 2.21. The third kappa shape index (κ3) is 4.84. The standard InChI is InChI=1S/C13H18Te/c1-3-4-5-6-11-14-13-9-7-12(2)8-10-13/h6-11H,3-5H2,1-2H3/b11-6-. The van der Waals surface area contributed by atoms with Crippen LogP contribution in [0.25, 0.3) is 0 Å². The Bertz CT molecular complexity index is 272. The topological polar surface area (TPSA) is 0 Å². The molecule has 0 saturated heterocycles. The van der Waals surface area contributed by atoms with Gasteiger partial charge in [0.05, 0.1) is 0 Å². The van der Waals surface area contributed by atoms with E-state index in [9.17, 15) is 0 Å². The zero-order valence-electron chi connectivity index (χ0n) is 8.99. The third-order valence-corrected chi connectivity index (χ3v) is 4.54. The van der Waals surface area contributed by atoms with Gasteiger partial charge in [0.15, 0.2) is 0 Å². The van der Waals surface area contributed by atoms with Crippen molar-refractivity contribution in [1.29, 1.82) is 0 Å². The molecule has 0 aliphatic carbocycles. The Kier molecular flexibility index (Phi) is 5.99. The van der Waals surface area contributed by atoms with Crippen LogP contribution in [0.15, 0.2) is 34.5 Å².